The Morgan fingerprint density at radius 3 is 2.69 bits per heavy atom. The highest BCUT2D eigenvalue weighted by molar-refractivity contribution is 8.00. The lowest BCUT2D eigenvalue weighted by atomic mass is 10.1. The molecule has 2 aromatic carbocycles. The van der Waals surface area contributed by atoms with E-state index in [4.69, 9.17) is 0 Å². The maximum absolute atomic E-state index is 13.2. The molecular weight excluding hydrogens is 351 g/mol. The van der Waals surface area contributed by atoms with Gasteiger partial charge in [-0.1, -0.05) is 42.1 Å². The summed E-state index contributed by atoms with van der Waals surface area (Å²) in [6.45, 7) is 3.80. The first kappa shape index (κ1) is 18.1. The Morgan fingerprint density at radius 1 is 1.19 bits per heavy atom. The minimum Gasteiger partial charge on any atom is -0.325 e. The SMILES string of the molecule is Cc1ccccc1-c1nnc(S[C@@H](C)C(=O)Nc2cccc(F)c2)n1C. The molecular formula is C19H19FN4OS. The number of amides is 1. The molecule has 3 rings (SSSR count). The quantitative estimate of drug-likeness (QED) is 0.689. The monoisotopic (exact) mass is 370 g/mol. The number of carbonyl (C=O) groups excluding carboxylic acids is 1. The summed E-state index contributed by atoms with van der Waals surface area (Å²) in [6.07, 6.45) is 0. The minimum atomic E-state index is -0.411. The van der Waals surface area contributed by atoms with Crippen LogP contribution >= 0.6 is 11.8 Å². The summed E-state index contributed by atoms with van der Waals surface area (Å²) in [5, 5.41) is 11.4. The summed E-state index contributed by atoms with van der Waals surface area (Å²) in [7, 11) is 1.88. The number of aromatic nitrogens is 3. The van der Waals surface area contributed by atoms with Gasteiger partial charge in [-0.3, -0.25) is 4.79 Å². The largest absolute Gasteiger partial charge is 0.325 e. The van der Waals surface area contributed by atoms with Crippen LogP contribution in [-0.2, 0) is 11.8 Å². The van der Waals surface area contributed by atoms with Crippen molar-refractivity contribution in [2.75, 3.05) is 5.32 Å². The predicted molar refractivity (Wildman–Crippen MR) is 102 cm³/mol. The van der Waals surface area contributed by atoms with Crippen molar-refractivity contribution < 1.29 is 9.18 Å². The van der Waals surface area contributed by atoms with Crippen LogP contribution in [0.2, 0.25) is 0 Å². The van der Waals surface area contributed by atoms with Crippen molar-refractivity contribution in [2.45, 2.75) is 24.3 Å². The van der Waals surface area contributed by atoms with E-state index >= 15 is 0 Å². The van der Waals surface area contributed by atoms with E-state index in [2.05, 4.69) is 15.5 Å². The van der Waals surface area contributed by atoms with Gasteiger partial charge in [0.05, 0.1) is 5.25 Å². The van der Waals surface area contributed by atoms with Gasteiger partial charge in [0.2, 0.25) is 5.91 Å². The zero-order valence-electron chi connectivity index (χ0n) is 14.7. The smallest absolute Gasteiger partial charge is 0.237 e. The molecule has 0 aliphatic heterocycles. The summed E-state index contributed by atoms with van der Waals surface area (Å²) in [4.78, 5) is 12.4. The van der Waals surface area contributed by atoms with Crippen LogP contribution in [0.5, 0.6) is 0 Å². The first-order valence-corrected chi connectivity index (χ1v) is 9.02. The third-order valence-corrected chi connectivity index (χ3v) is 5.10. The number of nitrogens with zero attached hydrogens (tertiary/aromatic N) is 3. The number of carbonyl (C=O) groups is 1. The summed E-state index contributed by atoms with van der Waals surface area (Å²) in [5.41, 5.74) is 2.55. The molecule has 0 aliphatic carbocycles. The fourth-order valence-electron chi connectivity index (χ4n) is 2.50. The van der Waals surface area contributed by atoms with Crippen molar-refractivity contribution in [1.82, 2.24) is 14.8 Å². The van der Waals surface area contributed by atoms with Gasteiger partial charge < -0.3 is 9.88 Å². The summed E-state index contributed by atoms with van der Waals surface area (Å²) >= 11 is 1.31. The van der Waals surface area contributed by atoms with Crippen LogP contribution in [-0.4, -0.2) is 25.9 Å². The Morgan fingerprint density at radius 2 is 1.96 bits per heavy atom. The van der Waals surface area contributed by atoms with Crippen molar-refractivity contribution in [3.63, 3.8) is 0 Å². The molecule has 1 amide bonds. The van der Waals surface area contributed by atoms with E-state index in [1.54, 1.807) is 19.1 Å². The molecule has 0 unspecified atom stereocenters. The molecule has 0 fully saturated rings. The lowest BCUT2D eigenvalue weighted by Crippen LogP contribution is -2.22. The molecule has 0 bridgehead atoms. The van der Waals surface area contributed by atoms with Gasteiger partial charge in [-0.25, -0.2) is 4.39 Å². The average Bonchev–Trinajstić information content (AvgIpc) is 2.96. The summed E-state index contributed by atoms with van der Waals surface area (Å²) in [6, 6.07) is 13.8. The summed E-state index contributed by atoms with van der Waals surface area (Å²) < 4.78 is 15.1. The Kier molecular flexibility index (Phi) is 5.37. The van der Waals surface area contributed by atoms with E-state index in [0.717, 1.165) is 17.0 Å². The second-order valence-corrected chi connectivity index (χ2v) is 7.25. The van der Waals surface area contributed by atoms with Gasteiger partial charge in [-0.2, -0.15) is 0 Å². The topological polar surface area (TPSA) is 59.8 Å². The third kappa shape index (κ3) is 3.94. The van der Waals surface area contributed by atoms with Crippen LogP contribution in [0, 0.1) is 12.7 Å². The average molecular weight is 370 g/mol. The fourth-order valence-corrected chi connectivity index (χ4v) is 3.31. The highest BCUT2D eigenvalue weighted by Gasteiger charge is 2.20. The van der Waals surface area contributed by atoms with Crippen LogP contribution in [0.3, 0.4) is 0 Å². The van der Waals surface area contributed by atoms with Crippen LogP contribution in [0.1, 0.15) is 12.5 Å². The molecule has 134 valence electrons. The zero-order valence-corrected chi connectivity index (χ0v) is 15.5. The van der Waals surface area contributed by atoms with E-state index in [-0.39, 0.29) is 11.7 Å². The molecule has 5 nitrogen and oxygen atoms in total. The molecule has 0 saturated heterocycles. The Balaban J connectivity index is 1.73. The molecule has 0 saturated carbocycles. The van der Waals surface area contributed by atoms with Gasteiger partial charge in [0.15, 0.2) is 11.0 Å². The van der Waals surface area contributed by atoms with Gasteiger partial charge in [0, 0.05) is 18.3 Å². The second-order valence-electron chi connectivity index (χ2n) is 5.94. The predicted octanol–water partition coefficient (Wildman–Crippen LogP) is 4.05. The Bertz CT molecular complexity index is 941. The van der Waals surface area contributed by atoms with Crippen molar-refractivity contribution in [3.05, 3.63) is 59.9 Å². The number of halogens is 1. The van der Waals surface area contributed by atoms with Gasteiger partial charge in [-0.15, -0.1) is 10.2 Å². The molecule has 0 radical (unpaired) electrons. The molecule has 1 N–H and O–H groups in total. The zero-order chi connectivity index (χ0) is 18.7. The number of anilines is 1. The van der Waals surface area contributed by atoms with Crippen LogP contribution in [0.25, 0.3) is 11.4 Å². The molecule has 1 atom stereocenters. The number of nitrogens with one attached hydrogen (secondary N) is 1. The first-order chi connectivity index (χ1) is 12.5. The van der Waals surface area contributed by atoms with E-state index in [1.165, 1.54) is 23.9 Å². The number of benzene rings is 2. The molecule has 1 aromatic heterocycles. The van der Waals surface area contributed by atoms with E-state index in [0.29, 0.717) is 10.8 Å². The Hall–Kier alpha value is -2.67. The maximum atomic E-state index is 13.2. The van der Waals surface area contributed by atoms with E-state index < -0.39 is 5.25 Å². The minimum absolute atomic E-state index is 0.221. The molecule has 3 aromatic rings. The van der Waals surface area contributed by atoms with E-state index in [9.17, 15) is 9.18 Å². The van der Waals surface area contributed by atoms with Crippen molar-refractivity contribution in [2.24, 2.45) is 7.05 Å². The molecule has 7 heteroatoms. The lowest BCUT2D eigenvalue weighted by Gasteiger charge is -2.12. The maximum Gasteiger partial charge on any atom is 0.237 e. The standard InChI is InChI=1S/C19H19FN4OS/c1-12-7-4-5-10-16(12)17-22-23-19(24(17)3)26-13(2)18(25)21-15-9-6-8-14(20)11-15/h4-11,13H,1-3H3,(H,21,25)/t13-/m0/s1. The Labute approximate surface area is 155 Å². The molecule has 26 heavy (non-hydrogen) atoms. The van der Waals surface area contributed by atoms with Crippen LogP contribution < -0.4 is 5.32 Å². The number of hydrogen-bond donors (Lipinski definition) is 1. The number of aryl methyl sites for hydroxylation is 1. The highest BCUT2D eigenvalue weighted by Crippen LogP contribution is 2.27. The normalized spacial score (nSPS) is 12.0. The fraction of sp³-hybridized carbons (Fsp3) is 0.211. The number of thioether (sulfide) groups is 1. The lowest BCUT2D eigenvalue weighted by molar-refractivity contribution is -0.115. The molecule has 1 heterocycles. The third-order valence-electron chi connectivity index (χ3n) is 3.96. The van der Waals surface area contributed by atoms with Gasteiger partial charge in [-0.05, 0) is 37.6 Å². The summed E-state index contributed by atoms with van der Waals surface area (Å²) in [5.74, 6) is 0.142. The molecule has 0 aliphatic rings. The van der Waals surface area contributed by atoms with Crippen molar-refractivity contribution >= 4 is 23.4 Å². The van der Waals surface area contributed by atoms with Crippen molar-refractivity contribution in [1.29, 1.82) is 0 Å². The van der Waals surface area contributed by atoms with Crippen molar-refractivity contribution in [3.8, 4) is 11.4 Å². The van der Waals surface area contributed by atoms with Crippen LogP contribution in [0.15, 0.2) is 53.7 Å². The highest BCUT2D eigenvalue weighted by atomic mass is 32.2. The van der Waals surface area contributed by atoms with Gasteiger partial charge >= 0.3 is 0 Å². The first-order valence-electron chi connectivity index (χ1n) is 8.14. The van der Waals surface area contributed by atoms with E-state index in [1.807, 2.05) is 42.8 Å². The number of hydrogen-bond acceptors (Lipinski definition) is 4. The number of rotatable bonds is 5. The van der Waals surface area contributed by atoms with Crippen LogP contribution in [0.4, 0.5) is 10.1 Å². The van der Waals surface area contributed by atoms with Gasteiger partial charge in [0.1, 0.15) is 5.82 Å². The van der Waals surface area contributed by atoms with Gasteiger partial charge in [0.25, 0.3) is 0 Å². The molecule has 0 spiro atoms. The second kappa shape index (κ2) is 7.70.